The van der Waals surface area contributed by atoms with Gasteiger partial charge in [-0.1, -0.05) is 18.2 Å². The highest BCUT2D eigenvalue weighted by Crippen LogP contribution is 2.12. The Kier molecular flexibility index (Phi) is 6.53. The van der Waals surface area contributed by atoms with Crippen LogP contribution in [0, 0.1) is 6.92 Å². The summed E-state index contributed by atoms with van der Waals surface area (Å²) in [5.74, 6) is -1.72. The van der Waals surface area contributed by atoms with Crippen LogP contribution >= 0.6 is 0 Å². The number of benzene rings is 2. The van der Waals surface area contributed by atoms with Gasteiger partial charge in [-0.15, -0.1) is 5.10 Å². The maximum Gasteiger partial charge on any atom is 0.361 e. The van der Waals surface area contributed by atoms with Gasteiger partial charge in [-0.25, -0.2) is 9.59 Å². The standard InChI is InChI=1S/C21H20N4O5/c1-3-29-20(27)15-9-11-16(12-10-15)22-18(26)13-30-21(28)19-14(2)23-25(24-19)17-7-5-4-6-8-17/h4-12H,3,13H2,1-2H3,(H,22,26). The number of nitrogens with zero attached hydrogens (tertiary/aromatic N) is 3. The van der Waals surface area contributed by atoms with Crippen molar-refractivity contribution in [1.29, 1.82) is 0 Å². The molecular formula is C21H20N4O5. The van der Waals surface area contributed by atoms with Crippen molar-refractivity contribution in [3.05, 3.63) is 71.5 Å². The molecule has 1 N–H and O–H groups in total. The Morgan fingerprint density at radius 2 is 1.63 bits per heavy atom. The minimum Gasteiger partial charge on any atom is -0.462 e. The number of aromatic nitrogens is 3. The summed E-state index contributed by atoms with van der Waals surface area (Å²) in [6, 6.07) is 15.3. The number of nitrogens with one attached hydrogen (secondary N) is 1. The van der Waals surface area contributed by atoms with E-state index in [0.717, 1.165) is 0 Å². The molecule has 2 aromatic carbocycles. The molecule has 0 spiro atoms. The number of rotatable bonds is 7. The summed E-state index contributed by atoms with van der Waals surface area (Å²) in [6.07, 6.45) is 0. The van der Waals surface area contributed by atoms with E-state index in [9.17, 15) is 14.4 Å². The van der Waals surface area contributed by atoms with E-state index in [-0.39, 0.29) is 12.3 Å². The van der Waals surface area contributed by atoms with E-state index in [1.165, 1.54) is 16.9 Å². The predicted molar refractivity (Wildman–Crippen MR) is 107 cm³/mol. The van der Waals surface area contributed by atoms with Crippen LogP contribution in [0.25, 0.3) is 5.69 Å². The number of amides is 1. The van der Waals surface area contributed by atoms with Gasteiger partial charge in [-0.05, 0) is 50.2 Å². The van der Waals surface area contributed by atoms with Gasteiger partial charge in [0.25, 0.3) is 5.91 Å². The van der Waals surface area contributed by atoms with Gasteiger partial charge in [-0.3, -0.25) is 4.79 Å². The van der Waals surface area contributed by atoms with Gasteiger partial charge in [0.1, 0.15) is 0 Å². The van der Waals surface area contributed by atoms with Gasteiger partial charge >= 0.3 is 11.9 Å². The highest BCUT2D eigenvalue weighted by Gasteiger charge is 2.19. The number of carbonyl (C=O) groups excluding carboxylic acids is 3. The monoisotopic (exact) mass is 408 g/mol. The summed E-state index contributed by atoms with van der Waals surface area (Å²) >= 11 is 0. The predicted octanol–water partition coefficient (Wildman–Crippen LogP) is 2.55. The molecule has 0 aliphatic carbocycles. The first-order chi connectivity index (χ1) is 14.5. The number of anilines is 1. The van der Waals surface area contributed by atoms with Crippen LogP contribution < -0.4 is 5.32 Å². The molecule has 1 aromatic heterocycles. The molecule has 1 amide bonds. The number of ether oxygens (including phenoxy) is 2. The molecule has 0 saturated heterocycles. The number of para-hydroxylation sites is 1. The van der Waals surface area contributed by atoms with Gasteiger partial charge < -0.3 is 14.8 Å². The minimum atomic E-state index is -0.748. The molecule has 154 valence electrons. The maximum absolute atomic E-state index is 12.3. The minimum absolute atomic E-state index is 0.0328. The van der Waals surface area contributed by atoms with Crippen LogP contribution in [0.3, 0.4) is 0 Å². The summed E-state index contributed by atoms with van der Waals surface area (Å²) in [5.41, 5.74) is 1.95. The lowest BCUT2D eigenvalue weighted by atomic mass is 10.2. The van der Waals surface area contributed by atoms with Crippen molar-refractivity contribution in [2.24, 2.45) is 0 Å². The van der Waals surface area contributed by atoms with Crippen molar-refractivity contribution in [3.63, 3.8) is 0 Å². The van der Waals surface area contributed by atoms with Crippen LogP contribution in [0.5, 0.6) is 0 Å². The number of hydrogen-bond acceptors (Lipinski definition) is 7. The van der Waals surface area contributed by atoms with Gasteiger partial charge in [-0.2, -0.15) is 9.90 Å². The van der Waals surface area contributed by atoms with Crippen molar-refractivity contribution < 1.29 is 23.9 Å². The summed E-state index contributed by atoms with van der Waals surface area (Å²) in [4.78, 5) is 37.3. The lowest BCUT2D eigenvalue weighted by Gasteiger charge is -2.07. The second-order valence-electron chi connectivity index (χ2n) is 6.18. The summed E-state index contributed by atoms with van der Waals surface area (Å²) < 4.78 is 9.94. The fraction of sp³-hybridized carbons (Fsp3) is 0.190. The Morgan fingerprint density at radius 3 is 2.30 bits per heavy atom. The van der Waals surface area contributed by atoms with E-state index < -0.39 is 24.5 Å². The Bertz CT molecular complexity index is 1050. The Balaban J connectivity index is 1.55. The molecule has 0 unspecified atom stereocenters. The van der Waals surface area contributed by atoms with Gasteiger partial charge in [0, 0.05) is 5.69 Å². The van der Waals surface area contributed by atoms with Crippen molar-refractivity contribution >= 4 is 23.5 Å². The van der Waals surface area contributed by atoms with Crippen LogP contribution in [-0.4, -0.2) is 46.1 Å². The van der Waals surface area contributed by atoms with Crippen LogP contribution in [0.4, 0.5) is 5.69 Å². The molecular weight excluding hydrogens is 388 g/mol. The van der Waals surface area contributed by atoms with Gasteiger partial charge in [0.05, 0.1) is 23.6 Å². The normalized spacial score (nSPS) is 10.3. The molecule has 9 heteroatoms. The van der Waals surface area contributed by atoms with E-state index in [2.05, 4.69) is 15.5 Å². The van der Waals surface area contributed by atoms with Crippen LogP contribution in [0.2, 0.25) is 0 Å². The van der Waals surface area contributed by atoms with Crippen molar-refractivity contribution in [3.8, 4) is 5.69 Å². The number of hydrogen-bond donors (Lipinski definition) is 1. The average molecular weight is 408 g/mol. The molecule has 0 radical (unpaired) electrons. The number of esters is 2. The van der Waals surface area contributed by atoms with Crippen LogP contribution in [0.1, 0.15) is 33.5 Å². The largest absolute Gasteiger partial charge is 0.462 e. The number of carbonyl (C=O) groups is 3. The first-order valence-electron chi connectivity index (χ1n) is 9.21. The molecule has 0 bridgehead atoms. The molecule has 3 aromatic rings. The molecule has 0 fully saturated rings. The first kappa shape index (κ1) is 20.7. The maximum atomic E-state index is 12.3. The van der Waals surface area contributed by atoms with Crippen molar-refractivity contribution in [1.82, 2.24) is 15.0 Å². The Hall–Kier alpha value is -4.01. The summed E-state index contributed by atoms with van der Waals surface area (Å²) in [5, 5.41) is 10.9. The topological polar surface area (TPSA) is 112 Å². The lowest BCUT2D eigenvalue weighted by Crippen LogP contribution is -2.21. The van der Waals surface area contributed by atoms with Gasteiger partial charge in [0.15, 0.2) is 12.3 Å². The van der Waals surface area contributed by atoms with E-state index in [4.69, 9.17) is 9.47 Å². The molecule has 0 aliphatic rings. The molecule has 30 heavy (non-hydrogen) atoms. The van der Waals surface area contributed by atoms with E-state index in [0.29, 0.717) is 22.6 Å². The van der Waals surface area contributed by atoms with Gasteiger partial charge in [0.2, 0.25) is 0 Å². The fourth-order valence-electron chi connectivity index (χ4n) is 2.54. The third-order valence-corrected chi connectivity index (χ3v) is 3.98. The zero-order chi connectivity index (χ0) is 21.5. The molecule has 9 nitrogen and oxygen atoms in total. The second-order valence-corrected chi connectivity index (χ2v) is 6.18. The SMILES string of the molecule is CCOC(=O)c1ccc(NC(=O)COC(=O)c2nn(-c3ccccc3)nc2C)cc1. The number of aryl methyl sites for hydroxylation is 1. The highest BCUT2D eigenvalue weighted by molar-refractivity contribution is 5.96. The van der Waals surface area contributed by atoms with E-state index in [1.54, 1.807) is 38.1 Å². The first-order valence-corrected chi connectivity index (χ1v) is 9.21. The van der Waals surface area contributed by atoms with E-state index in [1.807, 2.05) is 18.2 Å². The molecule has 0 saturated carbocycles. The third-order valence-electron chi connectivity index (χ3n) is 3.98. The summed E-state index contributed by atoms with van der Waals surface area (Å²) in [7, 11) is 0. The quantitative estimate of drug-likeness (QED) is 0.598. The molecule has 0 aliphatic heterocycles. The molecule has 0 atom stereocenters. The highest BCUT2D eigenvalue weighted by atomic mass is 16.5. The Morgan fingerprint density at radius 1 is 0.933 bits per heavy atom. The van der Waals surface area contributed by atoms with Crippen LogP contribution in [0.15, 0.2) is 54.6 Å². The lowest BCUT2D eigenvalue weighted by molar-refractivity contribution is -0.119. The smallest absolute Gasteiger partial charge is 0.361 e. The molecule has 3 rings (SSSR count). The molecule has 1 heterocycles. The van der Waals surface area contributed by atoms with Crippen LogP contribution in [-0.2, 0) is 14.3 Å². The zero-order valence-corrected chi connectivity index (χ0v) is 16.5. The van der Waals surface area contributed by atoms with Crippen molar-refractivity contribution in [2.45, 2.75) is 13.8 Å². The third kappa shape index (κ3) is 5.07. The van der Waals surface area contributed by atoms with E-state index >= 15 is 0 Å². The van der Waals surface area contributed by atoms with Crippen molar-refractivity contribution in [2.75, 3.05) is 18.5 Å². The Labute approximate surface area is 172 Å². The second kappa shape index (κ2) is 9.46. The fourth-order valence-corrected chi connectivity index (χ4v) is 2.54. The summed E-state index contributed by atoms with van der Waals surface area (Å²) in [6.45, 7) is 3.14. The average Bonchev–Trinajstić information content (AvgIpc) is 3.15. The zero-order valence-electron chi connectivity index (χ0n) is 16.5.